The molecule has 1 aliphatic rings. The molecule has 0 saturated carbocycles. The van der Waals surface area contributed by atoms with Gasteiger partial charge < -0.3 is 15.0 Å². The van der Waals surface area contributed by atoms with Crippen molar-refractivity contribution in [2.75, 3.05) is 33.3 Å². The number of aromatic nitrogens is 2. The molecule has 29 heavy (non-hydrogen) atoms. The molecule has 1 aliphatic heterocycles. The van der Waals surface area contributed by atoms with E-state index < -0.39 is 0 Å². The number of guanidine groups is 1. The number of fused-ring (bicyclic) bond motifs is 1. The van der Waals surface area contributed by atoms with Gasteiger partial charge in [-0.15, -0.1) is 24.0 Å². The number of benzene rings is 2. The van der Waals surface area contributed by atoms with Crippen LogP contribution >= 0.6 is 24.0 Å². The van der Waals surface area contributed by atoms with E-state index >= 15 is 0 Å². The van der Waals surface area contributed by atoms with Gasteiger partial charge in [0.25, 0.3) is 0 Å². The van der Waals surface area contributed by atoms with Crippen LogP contribution in [-0.2, 0) is 7.05 Å². The van der Waals surface area contributed by atoms with E-state index in [1.54, 1.807) is 0 Å². The van der Waals surface area contributed by atoms with Gasteiger partial charge >= 0.3 is 0 Å². The molecule has 2 aromatic carbocycles. The molecule has 7 heteroatoms. The smallest absolute Gasteiger partial charge is 0.193 e. The molecule has 0 bridgehead atoms. The zero-order valence-electron chi connectivity index (χ0n) is 16.9. The van der Waals surface area contributed by atoms with Crippen molar-refractivity contribution in [1.29, 1.82) is 0 Å². The number of rotatable bonds is 5. The fraction of sp³-hybridized carbons (Fsp3) is 0.364. The Hall–Kier alpha value is -2.29. The van der Waals surface area contributed by atoms with Crippen molar-refractivity contribution in [3.8, 4) is 5.75 Å². The molecule has 6 nitrogen and oxygen atoms in total. The zero-order valence-corrected chi connectivity index (χ0v) is 19.2. The Bertz CT molecular complexity index is 965. The van der Waals surface area contributed by atoms with Gasteiger partial charge in [-0.2, -0.15) is 5.10 Å². The Morgan fingerprint density at radius 2 is 2.07 bits per heavy atom. The summed E-state index contributed by atoms with van der Waals surface area (Å²) in [6.45, 7) is 3.27. The molecule has 1 fully saturated rings. The third kappa shape index (κ3) is 5.01. The summed E-state index contributed by atoms with van der Waals surface area (Å²) in [5, 5.41) is 10.1. The van der Waals surface area contributed by atoms with Crippen molar-refractivity contribution in [3.05, 3.63) is 60.4 Å². The van der Waals surface area contributed by atoms with Gasteiger partial charge in [-0.3, -0.25) is 9.67 Å². The van der Waals surface area contributed by atoms with E-state index in [2.05, 4.69) is 44.7 Å². The van der Waals surface area contributed by atoms with Crippen molar-refractivity contribution in [2.24, 2.45) is 12.0 Å². The molecule has 1 saturated heterocycles. The van der Waals surface area contributed by atoms with Crippen LogP contribution in [-0.4, -0.2) is 53.9 Å². The van der Waals surface area contributed by atoms with Crippen molar-refractivity contribution < 1.29 is 4.74 Å². The number of likely N-dealkylation sites (tertiary alicyclic amines) is 1. The maximum atomic E-state index is 6.02. The Balaban J connectivity index is 0.00000240. The van der Waals surface area contributed by atoms with Crippen LogP contribution in [0.4, 0.5) is 0 Å². The summed E-state index contributed by atoms with van der Waals surface area (Å²) in [6.07, 6.45) is 5.21. The van der Waals surface area contributed by atoms with E-state index in [0.717, 1.165) is 36.6 Å². The number of nitrogens with zero attached hydrogens (tertiary/aromatic N) is 4. The lowest BCUT2D eigenvalue weighted by atomic mass is 10.0. The summed E-state index contributed by atoms with van der Waals surface area (Å²) in [5.41, 5.74) is 1.31. The fourth-order valence-electron chi connectivity index (χ4n) is 3.85. The maximum Gasteiger partial charge on any atom is 0.193 e. The molecule has 0 spiro atoms. The second-order valence-corrected chi connectivity index (χ2v) is 7.18. The normalized spacial score (nSPS) is 16.7. The first-order valence-electron chi connectivity index (χ1n) is 9.79. The SMILES string of the molecule is CN=C(NCCOc1cccc2ccccc12)N1CCC(c2cnn(C)c2)C1.I. The highest BCUT2D eigenvalue weighted by atomic mass is 127. The van der Waals surface area contributed by atoms with Crippen LogP contribution in [0.2, 0.25) is 0 Å². The number of aliphatic imine (C=N–C) groups is 1. The molecule has 154 valence electrons. The minimum atomic E-state index is 0. The molecule has 0 amide bonds. The Morgan fingerprint density at radius 3 is 2.86 bits per heavy atom. The fourth-order valence-corrected chi connectivity index (χ4v) is 3.85. The van der Waals surface area contributed by atoms with Gasteiger partial charge in [0.15, 0.2) is 5.96 Å². The second-order valence-electron chi connectivity index (χ2n) is 7.18. The lowest BCUT2D eigenvalue weighted by Gasteiger charge is -2.21. The van der Waals surface area contributed by atoms with Crippen LogP contribution < -0.4 is 10.1 Å². The first kappa shape index (κ1) is 21.4. The molecule has 0 aliphatic carbocycles. The summed E-state index contributed by atoms with van der Waals surface area (Å²) in [6, 6.07) is 14.5. The molecule has 1 N–H and O–H groups in total. The van der Waals surface area contributed by atoms with Gasteiger partial charge in [0.1, 0.15) is 12.4 Å². The summed E-state index contributed by atoms with van der Waals surface area (Å²) < 4.78 is 7.89. The third-order valence-corrected chi connectivity index (χ3v) is 5.29. The molecule has 0 radical (unpaired) electrons. The number of hydrogen-bond acceptors (Lipinski definition) is 3. The molecular weight excluding hydrogens is 477 g/mol. The van der Waals surface area contributed by atoms with E-state index in [1.807, 2.05) is 49.2 Å². The first-order valence-corrected chi connectivity index (χ1v) is 9.79. The second kappa shape index (κ2) is 9.96. The standard InChI is InChI=1S/C22H27N5O.HI/c1-23-22(27-12-10-18(16-27)19-14-25-26(2)15-19)24-11-13-28-21-9-5-7-17-6-3-4-8-20(17)21;/h3-9,14-15,18H,10-13,16H2,1-2H3,(H,23,24);1H. The van der Waals surface area contributed by atoms with Crippen molar-refractivity contribution in [2.45, 2.75) is 12.3 Å². The summed E-state index contributed by atoms with van der Waals surface area (Å²) in [4.78, 5) is 6.77. The third-order valence-electron chi connectivity index (χ3n) is 5.29. The number of nitrogens with one attached hydrogen (secondary N) is 1. The predicted molar refractivity (Wildman–Crippen MR) is 128 cm³/mol. The minimum Gasteiger partial charge on any atom is -0.491 e. The topological polar surface area (TPSA) is 54.7 Å². The average Bonchev–Trinajstić information content (AvgIpc) is 3.37. The predicted octanol–water partition coefficient (Wildman–Crippen LogP) is 3.64. The van der Waals surface area contributed by atoms with E-state index in [0.29, 0.717) is 19.1 Å². The van der Waals surface area contributed by atoms with Crippen LogP contribution in [0, 0.1) is 0 Å². The number of aryl methyl sites for hydroxylation is 1. The maximum absolute atomic E-state index is 6.02. The van der Waals surface area contributed by atoms with Crippen molar-refractivity contribution in [3.63, 3.8) is 0 Å². The molecule has 1 aromatic heterocycles. The highest BCUT2D eigenvalue weighted by Crippen LogP contribution is 2.27. The molecular formula is C22H28IN5O. The highest BCUT2D eigenvalue weighted by Gasteiger charge is 2.26. The van der Waals surface area contributed by atoms with E-state index in [1.165, 1.54) is 10.9 Å². The quantitative estimate of drug-likeness (QED) is 0.249. The molecule has 4 rings (SSSR count). The van der Waals surface area contributed by atoms with Gasteiger partial charge in [0, 0.05) is 44.7 Å². The van der Waals surface area contributed by atoms with E-state index in [4.69, 9.17) is 4.74 Å². The summed E-state index contributed by atoms with van der Waals surface area (Å²) in [7, 11) is 3.80. The average molecular weight is 505 g/mol. The largest absolute Gasteiger partial charge is 0.491 e. The number of ether oxygens (including phenoxy) is 1. The number of halogens is 1. The van der Waals surface area contributed by atoms with Gasteiger partial charge in [-0.05, 0) is 23.4 Å². The Kier molecular flexibility index (Phi) is 7.35. The lowest BCUT2D eigenvalue weighted by Crippen LogP contribution is -2.41. The van der Waals surface area contributed by atoms with Gasteiger partial charge in [0.2, 0.25) is 0 Å². The zero-order chi connectivity index (χ0) is 19.3. The van der Waals surface area contributed by atoms with Crippen LogP contribution in [0.5, 0.6) is 5.75 Å². The Morgan fingerprint density at radius 1 is 1.24 bits per heavy atom. The highest BCUT2D eigenvalue weighted by molar-refractivity contribution is 14.0. The van der Waals surface area contributed by atoms with Crippen molar-refractivity contribution in [1.82, 2.24) is 20.0 Å². The van der Waals surface area contributed by atoms with Crippen molar-refractivity contribution >= 4 is 40.7 Å². The molecule has 3 aromatic rings. The first-order chi connectivity index (χ1) is 13.7. The lowest BCUT2D eigenvalue weighted by molar-refractivity contribution is 0.323. The molecule has 1 atom stereocenters. The van der Waals surface area contributed by atoms with Gasteiger partial charge in [0.05, 0.1) is 12.7 Å². The molecule has 1 unspecified atom stereocenters. The van der Waals surface area contributed by atoms with Gasteiger partial charge in [-0.25, -0.2) is 0 Å². The van der Waals surface area contributed by atoms with Crippen LogP contribution in [0.1, 0.15) is 17.9 Å². The van der Waals surface area contributed by atoms with Crippen LogP contribution in [0.3, 0.4) is 0 Å². The summed E-state index contributed by atoms with van der Waals surface area (Å²) >= 11 is 0. The van der Waals surface area contributed by atoms with Crippen LogP contribution in [0.25, 0.3) is 10.8 Å². The monoisotopic (exact) mass is 505 g/mol. The van der Waals surface area contributed by atoms with E-state index in [-0.39, 0.29) is 24.0 Å². The van der Waals surface area contributed by atoms with E-state index in [9.17, 15) is 0 Å². The summed E-state index contributed by atoms with van der Waals surface area (Å²) in [5.74, 6) is 2.37. The number of hydrogen-bond donors (Lipinski definition) is 1. The Labute approximate surface area is 189 Å². The van der Waals surface area contributed by atoms with Crippen LogP contribution in [0.15, 0.2) is 59.9 Å². The van der Waals surface area contributed by atoms with Gasteiger partial charge in [-0.1, -0.05) is 36.4 Å². The molecule has 2 heterocycles. The minimum absolute atomic E-state index is 0.